The van der Waals surface area contributed by atoms with E-state index in [-0.39, 0.29) is 0 Å². The second-order valence-corrected chi connectivity index (χ2v) is 15.2. The third kappa shape index (κ3) is 8.50. The summed E-state index contributed by atoms with van der Waals surface area (Å²) >= 11 is 0. The Morgan fingerprint density at radius 1 is 0.688 bits per heavy atom. The molecule has 0 aromatic heterocycles. The van der Waals surface area contributed by atoms with E-state index in [1.54, 1.807) is 14.2 Å². The normalized spacial score (nSPS) is 13.1. The van der Waals surface area contributed by atoms with E-state index in [2.05, 4.69) is 26.2 Å². The van der Waals surface area contributed by atoms with Gasteiger partial charge in [0.25, 0.3) is 0 Å². The van der Waals surface area contributed by atoms with E-state index in [1.807, 2.05) is 0 Å². The maximum Gasteiger partial charge on any atom is 0.334 e. The summed E-state index contributed by atoms with van der Waals surface area (Å²) in [7, 11) is 0.963. The molecule has 0 fully saturated rings. The van der Waals surface area contributed by atoms with Gasteiger partial charge in [0.15, 0.2) is 0 Å². The van der Waals surface area contributed by atoms with Crippen LogP contribution in [0.1, 0.15) is 25.7 Å². The van der Waals surface area contributed by atoms with Gasteiger partial charge in [-0.1, -0.05) is 51.4 Å². The maximum absolute atomic E-state index is 5.47. The molecule has 0 spiro atoms. The van der Waals surface area contributed by atoms with Crippen LogP contribution in [0, 0.1) is 0 Å². The molecular weight excluding hydrogens is 232 g/mol. The zero-order valence-electron chi connectivity index (χ0n) is 12.1. The van der Waals surface area contributed by atoms with Crippen molar-refractivity contribution in [1.82, 2.24) is 0 Å². The highest BCUT2D eigenvalue weighted by molar-refractivity contribution is 6.76. The van der Waals surface area contributed by atoms with Crippen molar-refractivity contribution >= 4 is 16.6 Å². The average Bonchev–Trinajstić information content (AvgIpc) is 2.21. The molecule has 0 aromatic carbocycles. The predicted octanol–water partition coefficient (Wildman–Crippen LogP) is 4.25. The van der Waals surface area contributed by atoms with E-state index in [1.165, 1.54) is 31.7 Å². The van der Waals surface area contributed by atoms with Crippen molar-refractivity contribution < 1.29 is 8.85 Å². The third-order valence-electron chi connectivity index (χ3n) is 3.17. The summed E-state index contributed by atoms with van der Waals surface area (Å²) in [6, 6.07) is 2.60. The Morgan fingerprint density at radius 2 is 1.12 bits per heavy atom. The van der Waals surface area contributed by atoms with Crippen LogP contribution in [-0.2, 0) is 8.85 Å². The molecule has 0 atom stereocenters. The van der Waals surface area contributed by atoms with E-state index >= 15 is 0 Å². The van der Waals surface area contributed by atoms with Crippen molar-refractivity contribution in [2.45, 2.75) is 64.0 Å². The molecule has 4 heteroatoms. The molecule has 0 unspecified atom stereocenters. The molecule has 16 heavy (non-hydrogen) atoms. The van der Waals surface area contributed by atoms with Gasteiger partial charge in [0.1, 0.15) is 0 Å². The Bertz CT molecular complexity index is 174. The van der Waals surface area contributed by atoms with E-state index < -0.39 is 16.6 Å². The molecule has 0 heterocycles. The molecule has 0 bridgehead atoms. The van der Waals surface area contributed by atoms with Gasteiger partial charge in [0.05, 0.1) is 0 Å². The lowest BCUT2D eigenvalue weighted by Gasteiger charge is -2.22. The van der Waals surface area contributed by atoms with Crippen molar-refractivity contribution in [2.75, 3.05) is 14.2 Å². The van der Waals surface area contributed by atoms with E-state index in [4.69, 9.17) is 8.85 Å². The van der Waals surface area contributed by atoms with Crippen LogP contribution in [-0.4, -0.2) is 30.9 Å². The molecule has 0 aromatic rings. The first-order valence-corrected chi connectivity index (χ1v) is 12.7. The SMILES string of the molecule is CO[Si](C)(CCCCCC[Si](C)(C)C)OC. The van der Waals surface area contributed by atoms with Gasteiger partial charge in [0.2, 0.25) is 0 Å². The quantitative estimate of drug-likeness (QED) is 0.457. The molecule has 0 aliphatic rings. The van der Waals surface area contributed by atoms with Gasteiger partial charge >= 0.3 is 8.56 Å². The highest BCUT2D eigenvalue weighted by Gasteiger charge is 2.27. The zero-order valence-corrected chi connectivity index (χ0v) is 14.1. The Kier molecular flexibility index (Phi) is 7.80. The summed E-state index contributed by atoms with van der Waals surface area (Å²) in [6.45, 7) is 9.50. The Hall–Kier alpha value is 0.354. The summed E-state index contributed by atoms with van der Waals surface area (Å²) in [5.74, 6) is 0. The summed E-state index contributed by atoms with van der Waals surface area (Å²) in [4.78, 5) is 0. The second kappa shape index (κ2) is 7.64. The monoisotopic (exact) mass is 262 g/mol. The minimum absolute atomic E-state index is 0.809. The summed E-state index contributed by atoms with van der Waals surface area (Å²) < 4.78 is 10.9. The smallest absolute Gasteiger partial charge is 0.334 e. The van der Waals surface area contributed by atoms with Gasteiger partial charge in [-0.25, -0.2) is 0 Å². The van der Waals surface area contributed by atoms with Gasteiger partial charge in [0, 0.05) is 22.3 Å². The van der Waals surface area contributed by atoms with Crippen LogP contribution in [0.2, 0.25) is 38.3 Å². The fourth-order valence-electron chi connectivity index (χ4n) is 1.74. The van der Waals surface area contributed by atoms with E-state index in [9.17, 15) is 0 Å². The predicted molar refractivity (Wildman–Crippen MR) is 77.1 cm³/mol. The Morgan fingerprint density at radius 3 is 1.50 bits per heavy atom. The van der Waals surface area contributed by atoms with Crippen molar-refractivity contribution in [1.29, 1.82) is 0 Å². The van der Waals surface area contributed by atoms with Crippen LogP contribution in [0.4, 0.5) is 0 Å². The average molecular weight is 263 g/mol. The number of unbranched alkanes of at least 4 members (excludes halogenated alkanes) is 3. The highest BCUT2D eigenvalue weighted by Crippen LogP contribution is 2.19. The zero-order chi connectivity index (χ0) is 12.7. The van der Waals surface area contributed by atoms with Gasteiger partial charge in [-0.15, -0.1) is 0 Å². The molecule has 0 radical (unpaired) electrons. The van der Waals surface area contributed by atoms with Crippen molar-refractivity contribution in [2.24, 2.45) is 0 Å². The van der Waals surface area contributed by atoms with Crippen LogP contribution in [0.5, 0.6) is 0 Å². The minimum Gasteiger partial charge on any atom is -0.398 e. The van der Waals surface area contributed by atoms with Crippen LogP contribution in [0.3, 0.4) is 0 Å². The second-order valence-electron chi connectivity index (χ2n) is 6.02. The molecular formula is C12H30O2Si2. The molecule has 98 valence electrons. The topological polar surface area (TPSA) is 18.5 Å². The summed E-state index contributed by atoms with van der Waals surface area (Å²) in [6.07, 6.45) is 5.38. The number of rotatable bonds is 9. The first-order valence-electron chi connectivity index (χ1n) is 6.43. The Balaban J connectivity index is 3.47. The van der Waals surface area contributed by atoms with Gasteiger partial charge in [-0.3, -0.25) is 0 Å². The van der Waals surface area contributed by atoms with Crippen LogP contribution >= 0.6 is 0 Å². The largest absolute Gasteiger partial charge is 0.398 e. The molecule has 2 nitrogen and oxygen atoms in total. The van der Waals surface area contributed by atoms with Gasteiger partial charge < -0.3 is 8.85 Å². The molecule has 0 N–H and O–H groups in total. The van der Waals surface area contributed by atoms with Gasteiger partial charge in [-0.05, 0) is 12.6 Å². The first kappa shape index (κ1) is 16.4. The highest BCUT2D eigenvalue weighted by atomic mass is 28.4. The lowest BCUT2D eigenvalue weighted by atomic mass is 10.2. The lowest BCUT2D eigenvalue weighted by Crippen LogP contribution is -2.35. The van der Waals surface area contributed by atoms with Crippen molar-refractivity contribution in [3.63, 3.8) is 0 Å². The maximum atomic E-state index is 5.47. The van der Waals surface area contributed by atoms with Crippen LogP contribution < -0.4 is 0 Å². The molecule has 0 aliphatic carbocycles. The Labute approximate surface area is 104 Å². The van der Waals surface area contributed by atoms with Gasteiger partial charge in [-0.2, -0.15) is 0 Å². The van der Waals surface area contributed by atoms with E-state index in [0.29, 0.717) is 0 Å². The fourth-order valence-corrected chi connectivity index (χ4v) is 4.52. The fraction of sp³-hybridized carbons (Fsp3) is 1.00. The number of hydrogen-bond donors (Lipinski definition) is 0. The first-order chi connectivity index (χ1) is 7.33. The molecule has 0 amide bonds. The molecule has 0 saturated heterocycles. The van der Waals surface area contributed by atoms with Crippen molar-refractivity contribution in [3.8, 4) is 0 Å². The minimum atomic E-state index is -1.79. The number of hydrogen-bond acceptors (Lipinski definition) is 2. The molecule has 0 aliphatic heterocycles. The summed E-state index contributed by atoms with van der Waals surface area (Å²) in [5, 5.41) is 0. The third-order valence-corrected chi connectivity index (χ3v) is 8.01. The summed E-state index contributed by atoms with van der Waals surface area (Å²) in [5.41, 5.74) is 0. The van der Waals surface area contributed by atoms with E-state index in [0.717, 1.165) is 6.04 Å². The molecule has 0 rings (SSSR count). The standard InChI is InChI=1S/C12H30O2Si2/c1-13-16(6,14-2)12-10-8-7-9-11-15(3,4)5/h7-12H2,1-6H3. The lowest BCUT2D eigenvalue weighted by molar-refractivity contribution is 0.248. The van der Waals surface area contributed by atoms with Crippen molar-refractivity contribution in [3.05, 3.63) is 0 Å². The van der Waals surface area contributed by atoms with Crippen LogP contribution in [0.25, 0.3) is 0 Å². The molecule has 0 saturated carbocycles. The van der Waals surface area contributed by atoms with Crippen LogP contribution in [0.15, 0.2) is 0 Å².